The monoisotopic (exact) mass is 389 g/mol. The molecular formula is C15H24IN3O. The van der Waals surface area contributed by atoms with E-state index in [0.717, 1.165) is 43.3 Å². The summed E-state index contributed by atoms with van der Waals surface area (Å²) < 4.78 is 5.97. The van der Waals surface area contributed by atoms with E-state index < -0.39 is 0 Å². The summed E-state index contributed by atoms with van der Waals surface area (Å²) in [6, 6.07) is 8.12. The first-order valence-electron chi connectivity index (χ1n) is 6.84. The van der Waals surface area contributed by atoms with E-state index in [1.54, 1.807) is 0 Å². The van der Waals surface area contributed by atoms with Crippen molar-refractivity contribution in [2.75, 3.05) is 13.1 Å². The Balaban J connectivity index is 0.00000200. The lowest BCUT2D eigenvalue weighted by atomic mass is 10.1. The Morgan fingerprint density at radius 3 is 2.70 bits per heavy atom. The summed E-state index contributed by atoms with van der Waals surface area (Å²) in [6.07, 6.45) is 1.11. The Hall–Kier alpha value is -0.980. The van der Waals surface area contributed by atoms with Gasteiger partial charge in [-0.15, -0.1) is 24.0 Å². The molecule has 1 aliphatic heterocycles. The smallest absolute Gasteiger partial charge is 0.191 e. The molecule has 0 aliphatic carbocycles. The van der Waals surface area contributed by atoms with E-state index in [2.05, 4.69) is 42.5 Å². The van der Waals surface area contributed by atoms with Gasteiger partial charge in [0.15, 0.2) is 5.96 Å². The molecule has 1 aliphatic rings. The molecule has 0 amide bonds. The van der Waals surface area contributed by atoms with Gasteiger partial charge in [-0.1, -0.05) is 18.2 Å². The average molecular weight is 389 g/mol. The molecule has 2 N–H and O–H groups in total. The van der Waals surface area contributed by atoms with Gasteiger partial charge in [0.2, 0.25) is 0 Å². The third-order valence-corrected chi connectivity index (χ3v) is 2.73. The molecule has 5 heteroatoms. The number of hydrogen-bond acceptors (Lipinski definition) is 4. The van der Waals surface area contributed by atoms with Gasteiger partial charge in [-0.05, 0) is 33.3 Å². The quantitative estimate of drug-likeness (QED) is 0.782. The van der Waals surface area contributed by atoms with Gasteiger partial charge in [-0.25, -0.2) is 0 Å². The van der Waals surface area contributed by atoms with Crippen LogP contribution in [-0.2, 0) is 6.54 Å². The molecule has 2 rings (SSSR count). The van der Waals surface area contributed by atoms with Crippen LogP contribution in [0.5, 0.6) is 5.75 Å². The van der Waals surface area contributed by atoms with Gasteiger partial charge in [0.05, 0.1) is 0 Å². The first kappa shape index (κ1) is 17.1. The standard InChI is InChI=1S/C15H23N3O.HI/c1-15(2,3)19-13-8-5-4-7-12(13)11-18-14-16-9-6-10-17-14;/h4-5,7-8H,6,9-11H2,1-3H3,(H2,16,17,18);1H. The largest absolute Gasteiger partial charge is 0.488 e. The molecule has 20 heavy (non-hydrogen) atoms. The number of para-hydroxylation sites is 1. The second-order valence-electron chi connectivity index (χ2n) is 5.69. The fourth-order valence-electron chi connectivity index (χ4n) is 1.91. The van der Waals surface area contributed by atoms with Gasteiger partial charge in [0, 0.05) is 25.2 Å². The van der Waals surface area contributed by atoms with E-state index in [1.807, 2.05) is 18.2 Å². The number of rotatable bonds is 3. The van der Waals surface area contributed by atoms with Crippen molar-refractivity contribution in [3.63, 3.8) is 0 Å². The van der Waals surface area contributed by atoms with Crippen LogP contribution in [0.3, 0.4) is 0 Å². The third kappa shape index (κ3) is 5.56. The van der Waals surface area contributed by atoms with Crippen molar-refractivity contribution in [1.82, 2.24) is 10.6 Å². The van der Waals surface area contributed by atoms with Gasteiger partial charge in [-0.2, -0.15) is 0 Å². The molecule has 0 saturated heterocycles. The minimum atomic E-state index is -0.184. The molecule has 0 bridgehead atoms. The second kappa shape index (κ2) is 7.71. The van der Waals surface area contributed by atoms with Crippen LogP contribution in [0.1, 0.15) is 32.8 Å². The van der Waals surface area contributed by atoms with Crippen LogP contribution in [0.2, 0.25) is 0 Å². The predicted molar refractivity (Wildman–Crippen MR) is 94.0 cm³/mol. The van der Waals surface area contributed by atoms with Crippen LogP contribution in [0.15, 0.2) is 29.3 Å². The number of nitrogens with zero attached hydrogens (tertiary/aromatic N) is 1. The van der Waals surface area contributed by atoms with Crippen molar-refractivity contribution in [3.8, 4) is 5.75 Å². The highest BCUT2D eigenvalue weighted by molar-refractivity contribution is 14.0. The number of ether oxygens (including phenoxy) is 1. The van der Waals surface area contributed by atoms with Crippen molar-refractivity contribution in [2.45, 2.75) is 39.3 Å². The second-order valence-corrected chi connectivity index (χ2v) is 5.69. The summed E-state index contributed by atoms with van der Waals surface area (Å²) >= 11 is 0. The lowest BCUT2D eigenvalue weighted by Gasteiger charge is -2.24. The molecule has 1 heterocycles. The Kier molecular flexibility index (Phi) is 6.58. The number of guanidine groups is 1. The van der Waals surface area contributed by atoms with Crippen LogP contribution in [-0.4, -0.2) is 24.7 Å². The molecule has 0 spiro atoms. The molecule has 0 fully saturated rings. The molecule has 0 atom stereocenters. The van der Waals surface area contributed by atoms with Crippen molar-refractivity contribution in [1.29, 1.82) is 0 Å². The zero-order valence-corrected chi connectivity index (χ0v) is 14.7. The van der Waals surface area contributed by atoms with Crippen LogP contribution in [0, 0.1) is 0 Å². The number of nitrogens with one attached hydrogen (secondary N) is 2. The lowest BCUT2D eigenvalue weighted by molar-refractivity contribution is 0.129. The molecule has 0 unspecified atom stereocenters. The summed E-state index contributed by atoms with van der Waals surface area (Å²) in [6.45, 7) is 8.79. The first-order valence-corrected chi connectivity index (χ1v) is 6.84. The Morgan fingerprint density at radius 2 is 2.05 bits per heavy atom. The van der Waals surface area contributed by atoms with E-state index in [1.165, 1.54) is 0 Å². The molecule has 1 aromatic rings. The summed E-state index contributed by atoms with van der Waals surface area (Å²) in [7, 11) is 0. The fourth-order valence-corrected chi connectivity index (χ4v) is 1.91. The maximum atomic E-state index is 5.97. The zero-order valence-electron chi connectivity index (χ0n) is 12.4. The first-order chi connectivity index (χ1) is 9.04. The number of halogens is 1. The van der Waals surface area contributed by atoms with Gasteiger partial charge < -0.3 is 15.4 Å². The van der Waals surface area contributed by atoms with Crippen molar-refractivity contribution >= 4 is 29.9 Å². The van der Waals surface area contributed by atoms with Crippen molar-refractivity contribution in [3.05, 3.63) is 29.8 Å². The Morgan fingerprint density at radius 1 is 1.30 bits per heavy atom. The topological polar surface area (TPSA) is 45.6 Å². The fraction of sp³-hybridized carbons (Fsp3) is 0.533. The SMILES string of the molecule is CC(C)(C)Oc1ccccc1CNC1=NCCCN1.I. The van der Waals surface area contributed by atoms with Crippen LogP contribution in [0.4, 0.5) is 0 Å². The van der Waals surface area contributed by atoms with E-state index in [-0.39, 0.29) is 29.6 Å². The maximum Gasteiger partial charge on any atom is 0.191 e. The van der Waals surface area contributed by atoms with Crippen LogP contribution >= 0.6 is 24.0 Å². The molecule has 0 aromatic heterocycles. The Bertz CT molecular complexity index is 455. The van der Waals surface area contributed by atoms with E-state index >= 15 is 0 Å². The highest BCUT2D eigenvalue weighted by Crippen LogP contribution is 2.22. The molecular weight excluding hydrogens is 365 g/mol. The minimum absolute atomic E-state index is 0. The van der Waals surface area contributed by atoms with Gasteiger partial charge in [0.1, 0.15) is 11.4 Å². The summed E-state index contributed by atoms with van der Waals surface area (Å²) in [5, 5.41) is 6.58. The number of benzene rings is 1. The number of aliphatic imine (C=N–C) groups is 1. The van der Waals surface area contributed by atoms with Crippen LogP contribution < -0.4 is 15.4 Å². The Labute approximate surface area is 138 Å². The van der Waals surface area contributed by atoms with Crippen molar-refractivity contribution in [2.24, 2.45) is 4.99 Å². The molecule has 0 radical (unpaired) electrons. The maximum absolute atomic E-state index is 5.97. The molecule has 1 aromatic carbocycles. The molecule has 4 nitrogen and oxygen atoms in total. The highest BCUT2D eigenvalue weighted by Gasteiger charge is 2.14. The third-order valence-electron chi connectivity index (χ3n) is 2.73. The molecule has 0 saturated carbocycles. The van der Waals surface area contributed by atoms with E-state index in [9.17, 15) is 0 Å². The summed E-state index contributed by atoms with van der Waals surface area (Å²) in [4.78, 5) is 4.40. The van der Waals surface area contributed by atoms with E-state index in [4.69, 9.17) is 4.74 Å². The zero-order chi connectivity index (χ0) is 13.7. The number of hydrogen-bond donors (Lipinski definition) is 2. The van der Waals surface area contributed by atoms with E-state index in [0.29, 0.717) is 0 Å². The highest BCUT2D eigenvalue weighted by atomic mass is 127. The van der Waals surface area contributed by atoms with Crippen molar-refractivity contribution < 1.29 is 4.74 Å². The minimum Gasteiger partial charge on any atom is -0.488 e. The van der Waals surface area contributed by atoms with Gasteiger partial charge in [0.25, 0.3) is 0 Å². The summed E-state index contributed by atoms with van der Waals surface area (Å²) in [5.74, 6) is 1.82. The summed E-state index contributed by atoms with van der Waals surface area (Å²) in [5.41, 5.74) is 0.962. The van der Waals surface area contributed by atoms with Crippen LogP contribution in [0.25, 0.3) is 0 Å². The molecule has 112 valence electrons. The normalized spacial score (nSPS) is 14.7. The lowest BCUT2D eigenvalue weighted by Crippen LogP contribution is -2.40. The predicted octanol–water partition coefficient (Wildman–Crippen LogP) is 2.92. The van der Waals surface area contributed by atoms with Gasteiger partial charge in [-0.3, -0.25) is 4.99 Å². The average Bonchev–Trinajstić information content (AvgIpc) is 2.37. The van der Waals surface area contributed by atoms with Gasteiger partial charge >= 0.3 is 0 Å².